The van der Waals surface area contributed by atoms with E-state index in [0.29, 0.717) is 13.1 Å². The largest absolute Gasteiger partial charge is 0.348 e. The lowest BCUT2D eigenvalue weighted by Gasteiger charge is -2.27. The molecule has 0 radical (unpaired) electrons. The van der Waals surface area contributed by atoms with Crippen LogP contribution in [-0.2, 0) is 9.59 Å². The molecule has 1 rings (SSSR count). The molecule has 0 saturated carbocycles. The van der Waals surface area contributed by atoms with E-state index in [4.69, 9.17) is 0 Å². The van der Waals surface area contributed by atoms with Crippen molar-refractivity contribution in [3.63, 3.8) is 0 Å². The van der Waals surface area contributed by atoms with Crippen molar-refractivity contribution in [2.75, 3.05) is 40.3 Å². The molecule has 1 aliphatic rings. The Bertz CT molecular complexity index is 222. The Kier molecular flexibility index (Phi) is 3.88. The summed E-state index contributed by atoms with van der Waals surface area (Å²) in [6, 6.07) is 0. The molecular weight excluding hydrogens is 182 g/mol. The van der Waals surface area contributed by atoms with Crippen molar-refractivity contribution in [3.05, 3.63) is 0 Å². The molecule has 1 aliphatic heterocycles. The van der Waals surface area contributed by atoms with Gasteiger partial charge in [-0.3, -0.25) is 9.59 Å². The quantitative estimate of drug-likeness (QED) is 0.574. The summed E-state index contributed by atoms with van der Waals surface area (Å²) in [6.45, 7) is 3.06. The van der Waals surface area contributed by atoms with Gasteiger partial charge in [-0.1, -0.05) is 0 Å². The molecule has 1 fully saturated rings. The number of amides is 2. The van der Waals surface area contributed by atoms with Gasteiger partial charge in [-0.15, -0.1) is 0 Å². The zero-order valence-corrected chi connectivity index (χ0v) is 8.75. The summed E-state index contributed by atoms with van der Waals surface area (Å²) in [5.74, 6) is -0.196. The van der Waals surface area contributed by atoms with E-state index >= 15 is 0 Å². The van der Waals surface area contributed by atoms with E-state index in [1.807, 2.05) is 0 Å². The van der Waals surface area contributed by atoms with E-state index in [1.165, 1.54) is 4.90 Å². The van der Waals surface area contributed by atoms with Crippen molar-refractivity contribution < 1.29 is 9.59 Å². The lowest BCUT2D eigenvalue weighted by atomic mass is 10.3. The molecule has 80 valence electrons. The maximum atomic E-state index is 11.6. The van der Waals surface area contributed by atoms with Gasteiger partial charge in [0, 0.05) is 40.3 Å². The Morgan fingerprint density at radius 1 is 1.29 bits per heavy atom. The molecule has 0 aromatic rings. The summed E-state index contributed by atoms with van der Waals surface area (Å²) in [7, 11) is 3.32. The molecule has 0 bridgehead atoms. The molecule has 0 spiro atoms. The van der Waals surface area contributed by atoms with Gasteiger partial charge in [0.2, 0.25) is 11.8 Å². The van der Waals surface area contributed by atoms with Crippen molar-refractivity contribution in [1.82, 2.24) is 15.1 Å². The molecular formula is C9H17N3O2. The molecule has 5 nitrogen and oxygen atoms in total. The van der Waals surface area contributed by atoms with Crippen LogP contribution in [0.4, 0.5) is 0 Å². The van der Waals surface area contributed by atoms with Crippen LogP contribution in [0.15, 0.2) is 0 Å². The summed E-state index contributed by atoms with van der Waals surface area (Å²) >= 11 is 0. The Labute approximate surface area is 84.0 Å². The molecule has 0 aliphatic carbocycles. The van der Waals surface area contributed by atoms with Gasteiger partial charge in [-0.05, 0) is 0 Å². The van der Waals surface area contributed by atoms with E-state index in [9.17, 15) is 9.59 Å². The van der Waals surface area contributed by atoms with E-state index in [1.54, 1.807) is 19.0 Å². The van der Waals surface area contributed by atoms with E-state index in [-0.39, 0.29) is 18.2 Å². The van der Waals surface area contributed by atoms with Gasteiger partial charge < -0.3 is 15.1 Å². The first-order chi connectivity index (χ1) is 6.61. The molecule has 5 heteroatoms. The number of rotatable bonds is 2. The molecule has 1 heterocycles. The predicted molar refractivity (Wildman–Crippen MR) is 52.8 cm³/mol. The first-order valence-corrected chi connectivity index (χ1v) is 4.80. The molecule has 0 aromatic carbocycles. The third-order valence-corrected chi connectivity index (χ3v) is 2.27. The van der Waals surface area contributed by atoms with E-state index < -0.39 is 0 Å². The fourth-order valence-electron chi connectivity index (χ4n) is 1.31. The van der Waals surface area contributed by atoms with Crippen LogP contribution in [0.5, 0.6) is 0 Å². The van der Waals surface area contributed by atoms with Gasteiger partial charge in [0.1, 0.15) is 6.42 Å². The number of carbonyl (C=O) groups excluding carboxylic acids is 2. The summed E-state index contributed by atoms with van der Waals surface area (Å²) in [5.41, 5.74) is 0. The first kappa shape index (κ1) is 11.0. The molecule has 1 N–H and O–H groups in total. The highest BCUT2D eigenvalue weighted by Gasteiger charge is 2.19. The average molecular weight is 199 g/mol. The van der Waals surface area contributed by atoms with Gasteiger partial charge in [-0.25, -0.2) is 0 Å². The Hall–Kier alpha value is -1.10. The number of nitrogens with zero attached hydrogens (tertiary/aromatic N) is 2. The molecule has 1 saturated heterocycles. The van der Waals surface area contributed by atoms with Crippen LogP contribution in [-0.4, -0.2) is 61.9 Å². The summed E-state index contributed by atoms with van der Waals surface area (Å²) in [4.78, 5) is 26.0. The summed E-state index contributed by atoms with van der Waals surface area (Å²) < 4.78 is 0. The number of hydrogen-bond acceptors (Lipinski definition) is 3. The number of piperazine rings is 1. The van der Waals surface area contributed by atoms with Crippen LogP contribution in [0.25, 0.3) is 0 Å². The highest BCUT2D eigenvalue weighted by Crippen LogP contribution is 1.98. The number of hydrogen-bond donors (Lipinski definition) is 1. The van der Waals surface area contributed by atoms with Crippen LogP contribution in [0, 0.1) is 0 Å². The SMILES string of the molecule is CN(C)C(=O)CC(=O)N1CCNCC1. The Balaban J connectivity index is 2.37. The second kappa shape index (κ2) is 4.95. The highest BCUT2D eigenvalue weighted by atomic mass is 16.2. The molecule has 2 amide bonds. The van der Waals surface area contributed by atoms with Crippen LogP contribution in [0.2, 0.25) is 0 Å². The van der Waals surface area contributed by atoms with Gasteiger partial charge in [0.05, 0.1) is 0 Å². The second-order valence-corrected chi connectivity index (χ2v) is 3.60. The zero-order chi connectivity index (χ0) is 10.6. The normalized spacial score (nSPS) is 16.6. The lowest BCUT2D eigenvalue weighted by Crippen LogP contribution is -2.47. The highest BCUT2D eigenvalue weighted by molar-refractivity contribution is 5.96. The zero-order valence-electron chi connectivity index (χ0n) is 8.75. The lowest BCUT2D eigenvalue weighted by molar-refractivity contribution is -0.139. The van der Waals surface area contributed by atoms with Crippen molar-refractivity contribution in [2.24, 2.45) is 0 Å². The smallest absolute Gasteiger partial charge is 0.232 e. The first-order valence-electron chi connectivity index (χ1n) is 4.80. The maximum absolute atomic E-state index is 11.6. The average Bonchev–Trinajstić information content (AvgIpc) is 2.19. The number of nitrogens with one attached hydrogen (secondary N) is 1. The fraction of sp³-hybridized carbons (Fsp3) is 0.778. The predicted octanol–water partition coefficient (Wildman–Crippen LogP) is -1.10. The topological polar surface area (TPSA) is 52.7 Å². The van der Waals surface area contributed by atoms with Gasteiger partial charge >= 0.3 is 0 Å². The minimum absolute atomic E-state index is 0.00694. The maximum Gasteiger partial charge on any atom is 0.232 e. The number of carbonyl (C=O) groups is 2. The summed E-state index contributed by atoms with van der Waals surface area (Å²) in [6.07, 6.45) is -0.00694. The fourth-order valence-corrected chi connectivity index (χ4v) is 1.31. The third kappa shape index (κ3) is 2.99. The van der Waals surface area contributed by atoms with Gasteiger partial charge in [0.25, 0.3) is 0 Å². The molecule has 14 heavy (non-hydrogen) atoms. The third-order valence-electron chi connectivity index (χ3n) is 2.27. The van der Waals surface area contributed by atoms with Crippen molar-refractivity contribution in [2.45, 2.75) is 6.42 Å². The van der Waals surface area contributed by atoms with Crippen molar-refractivity contribution in [1.29, 1.82) is 0 Å². The minimum atomic E-state index is -0.131. The minimum Gasteiger partial charge on any atom is -0.348 e. The second-order valence-electron chi connectivity index (χ2n) is 3.60. The molecule has 0 aromatic heterocycles. The summed E-state index contributed by atoms with van der Waals surface area (Å²) in [5, 5.41) is 3.16. The van der Waals surface area contributed by atoms with Crippen molar-refractivity contribution >= 4 is 11.8 Å². The van der Waals surface area contributed by atoms with Crippen LogP contribution >= 0.6 is 0 Å². The standard InChI is InChI=1S/C9H17N3O2/c1-11(2)8(13)7-9(14)12-5-3-10-4-6-12/h10H,3-7H2,1-2H3. The molecule has 0 unspecified atom stereocenters. The molecule has 0 atom stereocenters. The Morgan fingerprint density at radius 3 is 2.36 bits per heavy atom. The van der Waals surface area contributed by atoms with E-state index in [2.05, 4.69) is 5.32 Å². The van der Waals surface area contributed by atoms with Gasteiger partial charge in [-0.2, -0.15) is 0 Å². The van der Waals surface area contributed by atoms with Crippen LogP contribution < -0.4 is 5.32 Å². The monoisotopic (exact) mass is 199 g/mol. The van der Waals surface area contributed by atoms with Crippen LogP contribution in [0.1, 0.15) is 6.42 Å². The van der Waals surface area contributed by atoms with Crippen LogP contribution in [0.3, 0.4) is 0 Å². The van der Waals surface area contributed by atoms with Gasteiger partial charge in [0.15, 0.2) is 0 Å². The Morgan fingerprint density at radius 2 is 1.86 bits per heavy atom. The van der Waals surface area contributed by atoms with E-state index in [0.717, 1.165) is 13.1 Å². The van der Waals surface area contributed by atoms with Crippen molar-refractivity contribution in [3.8, 4) is 0 Å².